The molecule has 4 heterocycles. The van der Waals surface area contributed by atoms with Crippen molar-refractivity contribution in [2.45, 2.75) is 24.9 Å². The minimum absolute atomic E-state index is 0.294. The highest BCUT2D eigenvalue weighted by atomic mass is 15.3. The molecule has 0 saturated heterocycles. The smallest absolute Gasteiger partial charge is 0.241 e. The first-order valence-corrected chi connectivity index (χ1v) is 8.20. The Morgan fingerprint density at radius 3 is 2.84 bits per heavy atom. The molecule has 8 nitrogen and oxygen atoms in total. The van der Waals surface area contributed by atoms with Crippen LogP contribution in [-0.4, -0.2) is 41.6 Å². The maximum atomic E-state index is 5.82. The first-order valence-electron chi connectivity index (χ1n) is 8.20. The number of nitrogens with two attached hydrogens (primary N) is 1. The van der Waals surface area contributed by atoms with Gasteiger partial charge in [0, 0.05) is 48.0 Å². The van der Waals surface area contributed by atoms with E-state index in [-0.39, 0.29) is 0 Å². The van der Waals surface area contributed by atoms with Crippen molar-refractivity contribution in [3.63, 3.8) is 0 Å². The van der Waals surface area contributed by atoms with Crippen molar-refractivity contribution in [1.29, 1.82) is 0 Å². The van der Waals surface area contributed by atoms with Gasteiger partial charge in [-0.2, -0.15) is 0 Å². The average Bonchev–Trinajstić information content (AvgIpc) is 3.03. The van der Waals surface area contributed by atoms with Crippen molar-refractivity contribution in [1.82, 2.24) is 29.5 Å². The summed E-state index contributed by atoms with van der Waals surface area (Å²) in [7, 11) is 0. The summed E-state index contributed by atoms with van der Waals surface area (Å²) in [5.41, 5.74) is 10.1. The molecule has 4 aromatic heterocycles. The molecule has 124 valence electrons. The number of hydrogen-bond donors (Lipinski definition) is 2. The SMILES string of the molecule is N[C@H]1C[C@@H](Nc2ncc3c(-c4cnc5nccnc5c4)ccn3n2)C1. The molecule has 0 unspecified atom stereocenters. The van der Waals surface area contributed by atoms with Crippen LogP contribution >= 0.6 is 0 Å². The second kappa shape index (κ2) is 5.45. The number of nitrogens with zero attached hydrogens (tertiary/aromatic N) is 6. The van der Waals surface area contributed by atoms with Crippen LogP contribution in [0.1, 0.15) is 12.8 Å². The van der Waals surface area contributed by atoms with Gasteiger partial charge in [-0.3, -0.25) is 4.98 Å². The van der Waals surface area contributed by atoms with E-state index in [1.807, 2.05) is 29.0 Å². The van der Waals surface area contributed by atoms with Crippen LogP contribution in [0.15, 0.2) is 43.1 Å². The average molecular weight is 332 g/mol. The molecule has 0 radical (unpaired) electrons. The number of pyridine rings is 1. The van der Waals surface area contributed by atoms with Crippen LogP contribution in [0.4, 0.5) is 5.95 Å². The second-order valence-electron chi connectivity index (χ2n) is 6.34. The van der Waals surface area contributed by atoms with Crippen LogP contribution in [0.2, 0.25) is 0 Å². The zero-order chi connectivity index (χ0) is 16.8. The second-order valence-corrected chi connectivity index (χ2v) is 6.34. The molecule has 5 rings (SSSR count). The maximum Gasteiger partial charge on any atom is 0.241 e. The van der Waals surface area contributed by atoms with Crippen LogP contribution in [0.25, 0.3) is 27.8 Å². The molecule has 1 fully saturated rings. The molecule has 0 aliphatic heterocycles. The minimum atomic E-state index is 0.294. The normalized spacial score (nSPS) is 19.9. The summed E-state index contributed by atoms with van der Waals surface area (Å²) in [6.45, 7) is 0. The van der Waals surface area contributed by atoms with Gasteiger partial charge >= 0.3 is 0 Å². The molecule has 8 heteroatoms. The summed E-state index contributed by atoms with van der Waals surface area (Å²) in [4.78, 5) is 17.3. The zero-order valence-corrected chi connectivity index (χ0v) is 13.4. The largest absolute Gasteiger partial charge is 0.350 e. The number of nitrogens with one attached hydrogen (secondary N) is 1. The molecule has 1 aliphatic rings. The van der Waals surface area contributed by atoms with E-state index in [0.29, 0.717) is 23.7 Å². The van der Waals surface area contributed by atoms with Gasteiger partial charge in [0.1, 0.15) is 5.52 Å². The highest BCUT2D eigenvalue weighted by Gasteiger charge is 2.26. The van der Waals surface area contributed by atoms with E-state index in [4.69, 9.17) is 5.73 Å². The monoisotopic (exact) mass is 332 g/mol. The molecule has 3 N–H and O–H groups in total. The lowest BCUT2D eigenvalue weighted by Crippen LogP contribution is -2.44. The van der Waals surface area contributed by atoms with E-state index in [0.717, 1.165) is 35.0 Å². The molecule has 0 bridgehead atoms. The van der Waals surface area contributed by atoms with Crippen LogP contribution < -0.4 is 11.1 Å². The van der Waals surface area contributed by atoms with Crippen LogP contribution in [-0.2, 0) is 0 Å². The summed E-state index contributed by atoms with van der Waals surface area (Å²) >= 11 is 0. The van der Waals surface area contributed by atoms with Crippen molar-refractivity contribution in [3.8, 4) is 11.1 Å². The van der Waals surface area contributed by atoms with Crippen LogP contribution in [0, 0.1) is 0 Å². The van der Waals surface area contributed by atoms with E-state index in [1.54, 1.807) is 18.6 Å². The molecule has 25 heavy (non-hydrogen) atoms. The van der Waals surface area contributed by atoms with E-state index in [1.165, 1.54) is 0 Å². The van der Waals surface area contributed by atoms with Gasteiger partial charge in [0.25, 0.3) is 0 Å². The fraction of sp³-hybridized carbons (Fsp3) is 0.235. The van der Waals surface area contributed by atoms with E-state index in [9.17, 15) is 0 Å². The summed E-state index contributed by atoms with van der Waals surface area (Å²) in [5.74, 6) is 0.619. The van der Waals surface area contributed by atoms with Crippen molar-refractivity contribution in [3.05, 3.63) is 43.1 Å². The fourth-order valence-electron chi connectivity index (χ4n) is 3.18. The Kier molecular flexibility index (Phi) is 3.10. The molecule has 0 atom stereocenters. The lowest BCUT2D eigenvalue weighted by atomic mass is 9.88. The Hall–Kier alpha value is -3.13. The first-order chi connectivity index (χ1) is 12.3. The van der Waals surface area contributed by atoms with E-state index >= 15 is 0 Å². The molecular weight excluding hydrogens is 316 g/mol. The van der Waals surface area contributed by atoms with Crippen molar-refractivity contribution in [2.24, 2.45) is 5.73 Å². The van der Waals surface area contributed by atoms with Gasteiger partial charge in [0.05, 0.1) is 11.7 Å². The van der Waals surface area contributed by atoms with Gasteiger partial charge in [0.15, 0.2) is 5.65 Å². The van der Waals surface area contributed by atoms with E-state index < -0.39 is 0 Å². The Morgan fingerprint density at radius 1 is 1.08 bits per heavy atom. The van der Waals surface area contributed by atoms with Crippen molar-refractivity contribution in [2.75, 3.05) is 5.32 Å². The first kappa shape index (κ1) is 14.2. The lowest BCUT2D eigenvalue weighted by Gasteiger charge is -2.32. The summed E-state index contributed by atoms with van der Waals surface area (Å²) in [6, 6.07) is 4.65. The third-order valence-electron chi connectivity index (χ3n) is 4.56. The Balaban J connectivity index is 1.50. The van der Waals surface area contributed by atoms with Crippen LogP contribution in [0.5, 0.6) is 0 Å². The molecule has 0 spiro atoms. The third-order valence-corrected chi connectivity index (χ3v) is 4.56. The number of hydrogen-bond acceptors (Lipinski definition) is 7. The summed E-state index contributed by atoms with van der Waals surface area (Å²) in [6.07, 6.45) is 10.8. The van der Waals surface area contributed by atoms with Gasteiger partial charge < -0.3 is 11.1 Å². The molecule has 4 aromatic rings. The summed E-state index contributed by atoms with van der Waals surface area (Å²) < 4.78 is 1.82. The predicted molar refractivity (Wildman–Crippen MR) is 93.9 cm³/mol. The number of aromatic nitrogens is 6. The van der Waals surface area contributed by atoms with Gasteiger partial charge in [-0.05, 0) is 25.0 Å². The Bertz CT molecular complexity index is 1070. The predicted octanol–water partition coefficient (Wildman–Crippen LogP) is 1.64. The Morgan fingerprint density at radius 2 is 1.96 bits per heavy atom. The highest BCUT2D eigenvalue weighted by Crippen LogP contribution is 2.27. The quantitative estimate of drug-likeness (QED) is 0.587. The topological polar surface area (TPSA) is 107 Å². The lowest BCUT2D eigenvalue weighted by molar-refractivity contribution is 0.371. The van der Waals surface area contributed by atoms with Gasteiger partial charge in [-0.15, -0.1) is 5.10 Å². The van der Waals surface area contributed by atoms with Gasteiger partial charge in [-0.1, -0.05) is 0 Å². The van der Waals surface area contributed by atoms with Crippen LogP contribution in [0.3, 0.4) is 0 Å². The molecule has 0 amide bonds. The number of fused-ring (bicyclic) bond motifs is 2. The highest BCUT2D eigenvalue weighted by molar-refractivity contribution is 5.84. The maximum absolute atomic E-state index is 5.82. The summed E-state index contributed by atoms with van der Waals surface area (Å²) in [5, 5.41) is 7.86. The van der Waals surface area contributed by atoms with Gasteiger partial charge in [0.2, 0.25) is 5.95 Å². The standard InChI is InChI=1S/C17H16N8/c18-11-6-12(7-11)23-17-22-9-15-13(1-4-25(15)24-17)10-5-14-16(21-8-10)20-3-2-19-14/h1-5,8-9,11-12H,6-7,18H2,(H,23,24)/t11-,12+. The zero-order valence-electron chi connectivity index (χ0n) is 13.4. The van der Waals surface area contributed by atoms with Crippen molar-refractivity contribution < 1.29 is 0 Å². The molecule has 0 aromatic carbocycles. The Labute approximate surface area is 143 Å². The fourth-order valence-corrected chi connectivity index (χ4v) is 3.18. The van der Waals surface area contributed by atoms with Gasteiger partial charge in [-0.25, -0.2) is 19.5 Å². The third kappa shape index (κ3) is 2.47. The number of rotatable bonds is 3. The molecule has 1 saturated carbocycles. The molecular formula is C17H16N8. The van der Waals surface area contributed by atoms with Crippen molar-refractivity contribution >= 4 is 22.6 Å². The molecule has 1 aliphatic carbocycles. The van der Waals surface area contributed by atoms with E-state index in [2.05, 4.69) is 30.4 Å². The minimum Gasteiger partial charge on any atom is -0.350 e. The number of anilines is 1.